The summed E-state index contributed by atoms with van der Waals surface area (Å²) >= 11 is 0. The highest BCUT2D eigenvalue weighted by Crippen LogP contribution is 2.37. The summed E-state index contributed by atoms with van der Waals surface area (Å²) in [6.45, 7) is 0.699. The molecule has 0 aliphatic carbocycles. The summed E-state index contributed by atoms with van der Waals surface area (Å²) in [5.74, 6) is -1.40. The van der Waals surface area contributed by atoms with Gasteiger partial charge < -0.3 is 9.84 Å². The molecule has 0 heterocycles. The third-order valence-corrected chi connectivity index (χ3v) is 3.26. The molecule has 0 fully saturated rings. The number of rotatable bonds is 5. The lowest BCUT2D eigenvalue weighted by molar-refractivity contribution is -0.140. The van der Waals surface area contributed by atoms with Crippen LogP contribution in [0.2, 0.25) is 0 Å². The second kappa shape index (κ2) is 6.74. The first kappa shape index (κ1) is 17.5. The summed E-state index contributed by atoms with van der Waals surface area (Å²) < 4.78 is 43.8. The van der Waals surface area contributed by atoms with Crippen LogP contribution in [0.1, 0.15) is 22.8 Å². The first-order chi connectivity index (χ1) is 11.2. The van der Waals surface area contributed by atoms with Crippen LogP contribution in [0.5, 0.6) is 5.75 Å². The zero-order chi connectivity index (χ0) is 17.9. The quantitative estimate of drug-likeness (QED) is 0.836. The number of carbonyl (C=O) groups is 2. The van der Waals surface area contributed by atoms with E-state index >= 15 is 0 Å². The number of aliphatic carboxylic acids is 1. The Balaban J connectivity index is 2.50. The van der Waals surface area contributed by atoms with Crippen LogP contribution in [-0.2, 0) is 11.0 Å². The van der Waals surface area contributed by atoms with Crippen LogP contribution in [0.3, 0.4) is 0 Å². The molecule has 0 unspecified atom stereocenters. The summed E-state index contributed by atoms with van der Waals surface area (Å²) in [7, 11) is 0. The molecule has 0 aliphatic heterocycles. The summed E-state index contributed by atoms with van der Waals surface area (Å²) in [6.07, 6.45) is -4.54. The second-order valence-corrected chi connectivity index (χ2v) is 5.02. The molecule has 0 radical (unpaired) electrons. The number of carboxylic acids is 1. The van der Waals surface area contributed by atoms with Crippen LogP contribution in [0, 0.1) is 0 Å². The van der Waals surface area contributed by atoms with Crippen LogP contribution in [0.15, 0.2) is 42.5 Å². The van der Waals surface area contributed by atoms with Gasteiger partial charge in [0.2, 0.25) is 0 Å². The van der Waals surface area contributed by atoms with E-state index in [0.717, 1.165) is 18.2 Å². The van der Waals surface area contributed by atoms with Gasteiger partial charge in [-0.05, 0) is 30.7 Å². The van der Waals surface area contributed by atoms with Crippen molar-refractivity contribution >= 4 is 11.8 Å². The molecule has 0 aliphatic rings. The monoisotopic (exact) mass is 338 g/mol. The number of carbonyl (C=O) groups excluding carboxylic acids is 1. The summed E-state index contributed by atoms with van der Waals surface area (Å²) in [5, 5.41) is 8.68. The lowest BCUT2D eigenvalue weighted by Crippen LogP contribution is -2.11. The molecule has 0 spiro atoms. The minimum atomic E-state index is -4.54. The first-order valence-corrected chi connectivity index (χ1v) is 6.85. The predicted octanol–water partition coefficient (Wildman–Crippen LogP) is 4.04. The van der Waals surface area contributed by atoms with Gasteiger partial charge in [-0.1, -0.05) is 24.3 Å². The Bertz CT molecular complexity index is 764. The van der Waals surface area contributed by atoms with E-state index in [1.807, 2.05) is 0 Å². The highest BCUT2D eigenvalue weighted by molar-refractivity contribution is 5.94. The maximum Gasteiger partial charge on any atom is 0.416 e. The molecule has 4 nitrogen and oxygen atoms in total. The van der Waals surface area contributed by atoms with Crippen LogP contribution >= 0.6 is 0 Å². The summed E-state index contributed by atoms with van der Waals surface area (Å²) in [5.41, 5.74) is 0.0159. The maximum atomic E-state index is 12.9. The Labute approximate surface area is 135 Å². The summed E-state index contributed by atoms with van der Waals surface area (Å²) in [6, 6.07) is 8.74. The van der Waals surface area contributed by atoms with Gasteiger partial charge in [0.25, 0.3) is 0 Å². The molecule has 2 rings (SSSR count). The number of benzene rings is 2. The topological polar surface area (TPSA) is 63.6 Å². The Hall–Kier alpha value is -2.83. The molecule has 0 saturated carbocycles. The number of ketones is 1. The standard InChI is InChI=1S/C17H13F3O4/c1-10(21)11-2-4-12(5-3-11)14-8-13(17(18,19)20)6-7-15(14)24-9-16(22)23/h2-8H,9H2,1H3,(H,22,23). The van der Waals surface area contributed by atoms with E-state index in [0.29, 0.717) is 11.1 Å². The molecule has 7 heteroatoms. The molecular formula is C17H13F3O4. The molecule has 0 saturated heterocycles. The Kier molecular flexibility index (Phi) is 4.92. The Morgan fingerprint density at radius 1 is 1.08 bits per heavy atom. The molecule has 1 N–H and O–H groups in total. The van der Waals surface area contributed by atoms with E-state index in [9.17, 15) is 22.8 Å². The smallest absolute Gasteiger partial charge is 0.416 e. The van der Waals surface area contributed by atoms with Gasteiger partial charge >= 0.3 is 12.1 Å². The normalized spacial score (nSPS) is 11.2. The maximum absolute atomic E-state index is 12.9. The van der Waals surface area contributed by atoms with Crippen molar-refractivity contribution in [1.82, 2.24) is 0 Å². The van der Waals surface area contributed by atoms with E-state index in [1.165, 1.54) is 31.2 Å². The molecule has 0 bridgehead atoms. The van der Waals surface area contributed by atoms with Gasteiger partial charge in [-0.15, -0.1) is 0 Å². The van der Waals surface area contributed by atoms with Crippen molar-refractivity contribution in [2.75, 3.05) is 6.61 Å². The fourth-order valence-corrected chi connectivity index (χ4v) is 2.08. The minimum Gasteiger partial charge on any atom is -0.481 e. The average molecular weight is 338 g/mol. The molecule has 2 aromatic carbocycles. The molecule has 24 heavy (non-hydrogen) atoms. The number of halogens is 3. The third kappa shape index (κ3) is 4.13. The fourth-order valence-electron chi connectivity index (χ4n) is 2.08. The number of alkyl halides is 3. The summed E-state index contributed by atoms with van der Waals surface area (Å²) in [4.78, 5) is 21.9. The minimum absolute atomic E-state index is 0.0148. The van der Waals surface area contributed by atoms with Crippen LogP contribution in [-0.4, -0.2) is 23.5 Å². The van der Waals surface area contributed by atoms with E-state index in [-0.39, 0.29) is 17.1 Å². The number of hydrogen-bond donors (Lipinski definition) is 1. The van der Waals surface area contributed by atoms with Crippen molar-refractivity contribution in [2.24, 2.45) is 0 Å². The number of ether oxygens (including phenoxy) is 1. The fraction of sp³-hybridized carbons (Fsp3) is 0.176. The van der Waals surface area contributed by atoms with Crippen molar-refractivity contribution < 1.29 is 32.6 Å². The third-order valence-electron chi connectivity index (χ3n) is 3.26. The van der Waals surface area contributed by atoms with Crippen molar-refractivity contribution in [3.8, 4) is 16.9 Å². The molecular weight excluding hydrogens is 325 g/mol. The van der Waals surface area contributed by atoms with Gasteiger partial charge in [0, 0.05) is 11.1 Å². The van der Waals surface area contributed by atoms with Crippen molar-refractivity contribution in [3.63, 3.8) is 0 Å². The molecule has 0 aromatic heterocycles. The van der Waals surface area contributed by atoms with E-state index in [2.05, 4.69) is 0 Å². The van der Waals surface area contributed by atoms with Gasteiger partial charge in [-0.3, -0.25) is 4.79 Å². The zero-order valence-electron chi connectivity index (χ0n) is 12.6. The van der Waals surface area contributed by atoms with E-state index in [1.54, 1.807) is 0 Å². The number of hydrogen-bond acceptors (Lipinski definition) is 3. The molecule has 0 atom stereocenters. The SMILES string of the molecule is CC(=O)c1ccc(-c2cc(C(F)(F)F)ccc2OCC(=O)O)cc1. The van der Waals surface area contributed by atoms with E-state index in [4.69, 9.17) is 9.84 Å². The van der Waals surface area contributed by atoms with Crippen molar-refractivity contribution in [2.45, 2.75) is 13.1 Å². The van der Waals surface area contributed by atoms with Crippen LogP contribution in [0.4, 0.5) is 13.2 Å². The van der Waals surface area contributed by atoms with Gasteiger partial charge in [0.15, 0.2) is 12.4 Å². The van der Waals surface area contributed by atoms with Gasteiger partial charge in [-0.2, -0.15) is 13.2 Å². The van der Waals surface area contributed by atoms with Gasteiger partial charge in [0.05, 0.1) is 5.56 Å². The lowest BCUT2D eigenvalue weighted by atomic mass is 9.99. The number of carboxylic acid groups (broad SMARTS) is 1. The predicted molar refractivity (Wildman–Crippen MR) is 80.0 cm³/mol. The average Bonchev–Trinajstić information content (AvgIpc) is 2.52. The Morgan fingerprint density at radius 2 is 1.71 bits per heavy atom. The lowest BCUT2D eigenvalue weighted by Gasteiger charge is -2.14. The second-order valence-electron chi connectivity index (χ2n) is 5.02. The first-order valence-electron chi connectivity index (χ1n) is 6.85. The van der Waals surface area contributed by atoms with Gasteiger partial charge in [-0.25, -0.2) is 4.79 Å². The highest BCUT2D eigenvalue weighted by Gasteiger charge is 2.31. The molecule has 2 aromatic rings. The largest absolute Gasteiger partial charge is 0.481 e. The van der Waals surface area contributed by atoms with E-state index < -0.39 is 24.3 Å². The van der Waals surface area contributed by atoms with Crippen molar-refractivity contribution in [3.05, 3.63) is 53.6 Å². The molecule has 0 amide bonds. The molecule has 126 valence electrons. The Morgan fingerprint density at radius 3 is 2.21 bits per heavy atom. The van der Waals surface area contributed by atoms with Gasteiger partial charge in [0.1, 0.15) is 5.75 Å². The zero-order valence-corrected chi connectivity index (χ0v) is 12.6. The van der Waals surface area contributed by atoms with Crippen LogP contribution < -0.4 is 4.74 Å². The number of Topliss-reactive ketones (excluding diaryl/α,β-unsaturated/α-hetero) is 1. The van der Waals surface area contributed by atoms with Crippen molar-refractivity contribution in [1.29, 1.82) is 0 Å². The highest BCUT2D eigenvalue weighted by atomic mass is 19.4. The van der Waals surface area contributed by atoms with Crippen LogP contribution in [0.25, 0.3) is 11.1 Å².